The first-order chi connectivity index (χ1) is 10.3. The molecular weight excluding hydrogens is 279 g/mol. The number of rotatable bonds is 6. The van der Waals surface area contributed by atoms with Crippen LogP contribution in [0.25, 0.3) is 0 Å². The molecule has 4 rings (SSSR count). The number of primary amides is 1. The van der Waals surface area contributed by atoms with Gasteiger partial charge in [-0.1, -0.05) is 20.3 Å². The van der Waals surface area contributed by atoms with Gasteiger partial charge in [-0.15, -0.1) is 0 Å². The van der Waals surface area contributed by atoms with Gasteiger partial charge in [-0.3, -0.25) is 4.79 Å². The Morgan fingerprint density at radius 2 is 2.14 bits per heavy atom. The second-order valence-electron chi connectivity index (χ2n) is 7.88. The van der Waals surface area contributed by atoms with Crippen LogP contribution in [0.5, 0.6) is 0 Å². The maximum absolute atomic E-state index is 11.1. The molecule has 1 amide bonds. The summed E-state index contributed by atoms with van der Waals surface area (Å²) in [5, 5.41) is 0. The highest BCUT2D eigenvalue weighted by atomic mass is 16.6. The van der Waals surface area contributed by atoms with Crippen LogP contribution in [0, 0.1) is 23.2 Å². The van der Waals surface area contributed by atoms with E-state index in [4.69, 9.17) is 20.8 Å². The van der Waals surface area contributed by atoms with Crippen LogP contribution in [-0.4, -0.2) is 31.3 Å². The van der Waals surface area contributed by atoms with Gasteiger partial charge in [0.2, 0.25) is 5.91 Å². The van der Waals surface area contributed by atoms with Crippen molar-refractivity contribution in [2.24, 2.45) is 34.6 Å². The lowest BCUT2D eigenvalue weighted by atomic mass is 9.39. The first-order valence-corrected chi connectivity index (χ1v) is 8.51. The van der Waals surface area contributed by atoms with Crippen LogP contribution in [0.2, 0.25) is 0 Å². The number of hydrogen-bond acceptors (Lipinski definition) is 4. The molecule has 0 aromatic rings. The van der Waals surface area contributed by atoms with Crippen LogP contribution in [0.3, 0.4) is 0 Å². The predicted molar refractivity (Wildman–Crippen MR) is 84.6 cm³/mol. The fourth-order valence-corrected chi connectivity index (χ4v) is 5.57. The quantitative estimate of drug-likeness (QED) is 0.725. The fourth-order valence-electron chi connectivity index (χ4n) is 5.57. The van der Waals surface area contributed by atoms with Gasteiger partial charge in [-0.2, -0.15) is 0 Å². The van der Waals surface area contributed by atoms with Gasteiger partial charge in [0.25, 0.3) is 0 Å². The Hall–Kier alpha value is -0.585. The molecular formula is C16H28BN2O3. The molecule has 1 saturated heterocycles. The van der Waals surface area contributed by atoms with Gasteiger partial charge in [0.15, 0.2) is 0 Å². The van der Waals surface area contributed by atoms with Gasteiger partial charge in [-0.25, -0.2) is 0 Å². The second kappa shape index (κ2) is 5.50. The van der Waals surface area contributed by atoms with Gasteiger partial charge < -0.3 is 20.8 Å². The second-order valence-corrected chi connectivity index (χ2v) is 7.88. The maximum Gasteiger partial charge on any atom is 0.488 e. The lowest BCUT2D eigenvalue weighted by molar-refractivity contribution is -0.231. The van der Waals surface area contributed by atoms with Crippen LogP contribution in [0.4, 0.5) is 0 Å². The molecule has 1 unspecified atom stereocenters. The largest absolute Gasteiger partial charge is 0.488 e. The van der Waals surface area contributed by atoms with Crippen LogP contribution in [-0.2, 0) is 14.1 Å². The van der Waals surface area contributed by atoms with E-state index in [1.54, 1.807) is 0 Å². The van der Waals surface area contributed by atoms with E-state index in [2.05, 4.69) is 20.8 Å². The van der Waals surface area contributed by atoms with Crippen molar-refractivity contribution < 1.29 is 14.1 Å². The molecule has 0 aromatic heterocycles. The van der Waals surface area contributed by atoms with Crippen LogP contribution in [0.15, 0.2) is 0 Å². The molecule has 6 heteroatoms. The predicted octanol–water partition coefficient (Wildman–Crippen LogP) is 1.36. The van der Waals surface area contributed by atoms with E-state index in [9.17, 15) is 4.79 Å². The molecule has 4 N–H and O–H groups in total. The molecule has 7 atom stereocenters. The fraction of sp³-hybridized carbons (Fsp3) is 0.938. The topological polar surface area (TPSA) is 87.6 Å². The summed E-state index contributed by atoms with van der Waals surface area (Å²) in [5.41, 5.74) is 11.5. The summed E-state index contributed by atoms with van der Waals surface area (Å²) in [7, 11) is 1.53. The standard InChI is InChI=1S/C16H28BN2O3/c1-4-9(5-11(18)8-14(19)20)15(2)10-6-12(15)16(3)13(7-10)21-17-22-16/h9-13H,4-8,18H2,1-3H3,(H2,19,20)/t9-,10+,11+,12+,13-,15?,16+/m1/s1. The Labute approximate surface area is 133 Å². The van der Waals surface area contributed by atoms with Gasteiger partial charge >= 0.3 is 7.69 Å². The first kappa shape index (κ1) is 16.3. The number of carbonyl (C=O) groups is 1. The lowest BCUT2D eigenvalue weighted by Gasteiger charge is -2.68. The van der Waals surface area contributed by atoms with Gasteiger partial charge in [0.05, 0.1) is 11.7 Å². The van der Waals surface area contributed by atoms with Gasteiger partial charge in [0, 0.05) is 12.5 Å². The van der Waals surface area contributed by atoms with E-state index in [1.807, 2.05) is 0 Å². The summed E-state index contributed by atoms with van der Waals surface area (Å²) in [5.74, 6) is 1.34. The van der Waals surface area contributed by atoms with Crippen molar-refractivity contribution in [2.75, 3.05) is 0 Å². The summed E-state index contributed by atoms with van der Waals surface area (Å²) in [6.07, 6.45) is 4.66. The summed E-state index contributed by atoms with van der Waals surface area (Å²) in [6.45, 7) is 6.80. The van der Waals surface area contributed by atoms with Crippen molar-refractivity contribution in [2.45, 2.75) is 70.6 Å². The molecule has 22 heavy (non-hydrogen) atoms. The maximum atomic E-state index is 11.1. The normalized spacial score (nSPS) is 45.4. The molecule has 2 bridgehead atoms. The summed E-state index contributed by atoms with van der Waals surface area (Å²) in [6, 6.07) is -0.142. The molecule has 3 aliphatic carbocycles. The molecule has 0 spiro atoms. The molecule has 0 aromatic carbocycles. The Balaban J connectivity index is 1.76. The van der Waals surface area contributed by atoms with Crippen molar-refractivity contribution >= 4 is 13.6 Å². The van der Waals surface area contributed by atoms with Crippen molar-refractivity contribution in [3.8, 4) is 0 Å². The Morgan fingerprint density at radius 1 is 1.41 bits per heavy atom. The molecule has 1 radical (unpaired) electrons. The number of carbonyl (C=O) groups excluding carboxylic acids is 1. The minimum Gasteiger partial charge on any atom is -0.407 e. The number of amides is 1. The Bertz CT molecular complexity index is 463. The molecule has 4 fully saturated rings. The zero-order valence-electron chi connectivity index (χ0n) is 13.9. The third-order valence-corrected chi connectivity index (χ3v) is 6.93. The van der Waals surface area contributed by atoms with E-state index in [-0.39, 0.29) is 35.5 Å². The molecule has 5 nitrogen and oxygen atoms in total. The first-order valence-electron chi connectivity index (χ1n) is 8.51. The van der Waals surface area contributed by atoms with E-state index in [0.717, 1.165) is 19.3 Å². The van der Waals surface area contributed by atoms with Crippen LogP contribution >= 0.6 is 0 Å². The molecule has 1 heterocycles. The highest BCUT2D eigenvalue weighted by Crippen LogP contribution is 2.69. The van der Waals surface area contributed by atoms with E-state index >= 15 is 0 Å². The van der Waals surface area contributed by atoms with E-state index in [0.29, 0.717) is 17.8 Å². The molecule has 4 aliphatic rings. The molecule has 3 saturated carbocycles. The molecule has 123 valence electrons. The number of nitrogens with two attached hydrogens (primary N) is 2. The van der Waals surface area contributed by atoms with Gasteiger partial charge in [-0.05, 0) is 49.4 Å². The lowest BCUT2D eigenvalue weighted by Crippen LogP contribution is -2.68. The third-order valence-electron chi connectivity index (χ3n) is 6.93. The SMILES string of the molecule is CC[C@H](C[C@H](N)CC(N)=O)C1(C)[C@@H]2C[C@H]3O[B]O[C@@]3(C)[C@H]1C2. The summed E-state index contributed by atoms with van der Waals surface area (Å²) >= 11 is 0. The van der Waals surface area contributed by atoms with Crippen molar-refractivity contribution in [3.05, 3.63) is 0 Å². The minimum atomic E-state index is -0.310. The van der Waals surface area contributed by atoms with Crippen LogP contribution < -0.4 is 11.5 Å². The van der Waals surface area contributed by atoms with Crippen molar-refractivity contribution in [3.63, 3.8) is 0 Å². The number of hydrogen-bond donors (Lipinski definition) is 2. The van der Waals surface area contributed by atoms with E-state index < -0.39 is 0 Å². The summed E-state index contributed by atoms with van der Waals surface area (Å²) in [4.78, 5) is 11.1. The van der Waals surface area contributed by atoms with Gasteiger partial charge in [0.1, 0.15) is 0 Å². The summed E-state index contributed by atoms with van der Waals surface area (Å²) < 4.78 is 11.6. The zero-order chi connectivity index (χ0) is 16.1. The smallest absolute Gasteiger partial charge is 0.407 e. The van der Waals surface area contributed by atoms with Crippen LogP contribution in [0.1, 0.15) is 52.9 Å². The highest BCUT2D eigenvalue weighted by molar-refractivity contribution is 6.19. The monoisotopic (exact) mass is 307 g/mol. The van der Waals surface area contributed by atoms with E-state index in [1.165, 1.54) is 14.1 Å². The molecule has 1 aliphatic heterocycles. The average Bonchev–Trinajstić information content (AvgIpc) is 2.83. The zero-order valence-corrected chi connectivity index (χ0v) is 13.9. The van der Waals surface area contributed by atoms with Crippen molar-refractivity contribution in [1.29, 1.82) is 0 Å². The Kier molecular flexibility index (Phi) is 4.07. The third kappa shape index (κ3) is 2.22. The highest BCUT2D eigenvalue weighted by Gasteiger charge is 2.69. The minimum absolute atomic E-state index is 0.142. The van der Waals surface area contributed by atoms with Crippen molar-refractivity contribution in [1.82, 2.24) is 0 Å². The average molecular weight is 307 g/mol. The Morgan fingerprint density at radius 3 is 2.77 bits per heavy atom.